The first-order valence-corrected chi connectivity index (χ1v) is 9.36. The smallest absolute Gasteiger partial charge is 0.150 e. The first-order chi connectivity index (χ1) is 13.7. The molecule has 0 unspecified atom stereocenters. The molecule has 0 saturated carbocycles. The molecule has 28 heavy (non-hydrogen) atoms. The van der Waals surface area contributed by atoms with Gasteiger partial charge in [-0.05, 0) is 39.4 Å². The molecule has 130 valence electrons. The molecule has 4 aromatic carbocycles. The molecule has 0 atom stereocenters. The van der Waals surface area contributed by atoms with E-state index in [0.717, 1.165) is 45.1 Å². The highest BCUT2D eigenvalue weighted by molar-refractivity contribution is 6.32. The zero-order chi connectivity index (χ0) is 19.1. The maximum absolute atomic E-state index is 11.6. The van der Waals surface area contributed by atoms with Gasteiger partial charge >= 0.3 is 0 Å². The molecular weight excluding hydrogens is 339 g/mol. The summed E-state index contributed by atoms with van der Waals surface area (Å²) in [5, 5.41) is 0. The summed E-state index contributed by atoms with van der Waals surface area (Å²) in [6, 6.07) is 33.0. The Balaban J connectivity index is 1.99. The minimum absolute atomic E-state index is 0.512. The number of fused-ring (bicyclic) bond motifs is 3. The third-order valence-electron chi connectivity index (χ3n) is 5.74. The predicted octanol–water partition coefficient (Wildman–Crippen LogP) is 4.66. The first kappa shape index (κ1) is 16.8. The quantitative estimate of drug-likeness (QED) is 0.340. The van der Waals surface area contributed by atoms with Crippen LogP contribution in [-0.4, -0.2) is 14.1 Å². The number of benzene rings is 4. The van der Waals surface area contributed by atoms with Crippen molar-refractivity contribution in [1.29, 1.82) is 0 Å². The molecular formula is C26H17BO. The van der Waals surface area contributed by atoms with Gasteiger partial charge in [0.2, 0.25) is 0 Å². The summed E-state index contributed by atoms with van der Waals surface area (Å²) in [5.41, 5.74) is 7.81. The molecule has 1 nitrogen and oxygen atoms in total. The number of hydrogen-bond acceptors (Lipinski definition) is 1. The fourth-order valence-corrected chi connectivity index (χ4v) is 4.60. The minimum Gasteiger partial charge on any atom is -0.298 e. The van der Waals surface area contributed by atoms with Crippen LogP contribution in [0, 0.1) is 0 Å². The van der Waals surface area contributed by atoms with Crippen LogP contribution in [-0.2, 0) is 5.41 Å². The molecule has 0 aliphatic heterocycles. The van der Waals surface area contributed by atoms with Crippen molar-refractivity contribution >= 4 is 19.6 Å². The normalized spacial score (nSPS) is 13.6. The minimum atomic E-state index is -0.512. The molecule has 2 radical (unpaired) electrons. The summed E-state index contributed by atoms with van der Waals surface area (Å²) >= 11 is 0. The van der Waals surface area contributed by atoms with E-state index in [2.05, 4.69) is 66.7 Å². The molecule has 1 aliphatic carbocycles. The second kappa shape index (κ2) is 6.35. The lowest BCUT2D eigenvalue weighted by atomic mass is 9.67. The molecule has 0 bridgehead atoms. The zero-order valence-electron chi connectivity index (χ0n) is 15.3. The molecule has 4 aromatic rings. The van der Waals surface area contributed by atoms with Crippen LogP contribution in [0.2, 0.25) is 0 Å². The van der Waals surface area contributed by atoms with Gasteiger partial charge < -0.3 is 0 Å². The summed E-state index contributed by atoms with van der Waals surface area (Å²) in [7, 11) is 6.24. The fourth-order valence-electron chi connectivity index (χ4n) is 4.60. The maximum atomic E-state index is 11.6. The van der Waals surface area contributed by atoms with E-state index in [0.29, 0.717) is 5.56 Å². The van der Waals surface area contributed by atoms with E-state index in [-0.39, 0.29) is 0 Å². The van der Waals surface area contributed by atoms with Crippen molar-refractivity contribution in [2.24, 2.45) is 0 Å². The van der Waals surface area contributed by atoms with Crippen molar-refractivity contribution in [3.8, 4) is 11.1 Å². The van der Waals surface area contributed by atoms with Crippen molar-refractivity contribution in [1.82, 2.24) is 0 Å². The first-order valence-electron chi connectivity index (χ1n) is 9.36. The third-order valence-corrected chi connectivity index (χ3v) is 5.74. The molecule has 0 N–H and O–H groups in total. The Morgan fingerprint density at radius 3 is 1.75 bits per heavy atom. The van der Waals surface area contributed by atoms with E-state index in [1.165, 1.54) is 0 Å². The van der Waals surface area contributed by atoms with Crippen molar-refractivity contribution in [3.63, 3.8) is 0 Å². The van der Waals surface area contributed by atoms with Gasteiger partial charge in [-0.15, -0.1) is 0 Å². The van der Waals surface area contributed by atoms with E-state index >= 15 is 0 Å². The molecule has 0 saturated heterocycles. The number of carbonyl (C=O) groups excluding carboxylic acids is 1. The Hall–Kier alpha value is -3.39. The van der Waals surface area contributed by atoms with Gasteiger partial charge in [0.15, 0.2) is 0 Å². The topological polar surface area (TPSA) is 17.1 Å². The second-order valence-electron chi connectivity index (χ2n) is 7.21. The van der Waals surface area contributed by atoms with Crippen LogP contribution in [0.1, 0.15) is 32.6 Å². The van der Waals surface area contributed by atoms with Crippen LogP contribution in [0.4, 0.5) is 0 Å². The highest BCUT2D eigenvalue weighted by atomic mass is 16.1. The summed E-state index contributed by atoms with van der Waals surface area (Å²) < 4.78 is 0. The molecule has 2 heteroatoms. The molecule has 0 spiro atoms. The Labute approximate surface area is 166 Å². The van der Waals surface area contributed by atoms with Crippen molar-refractivity contribution < 1.29 is 4.79 Å². The molecule has 0 aromatic heterocycles. The highest BCUT2D eigenvalue weighted by Crippen LogP contribution is 2.55. The van der Waals surface area contributed by atoms with Crippen LogP contribution in [0.5, 0.6) is 0 Å². The Morgan fingerprint density at radius 1 is 0.643 bits per heavy atom. The van der Waals surface area contributed by atoms with E-state index in [9.17, 15) is 4.79 Å². The zero-order valence-corrected chi connectivity index (χ0v) is 15.3. The lowest BCUT2D eigenvalue weighted by Crippen LogP contribution is -2.29. The van der Waals surface area contributed by atoms with Crippen LogP contribution in [0.25, 0.3) is 11.1 Å². The van der Waals surface area contributed by atoms with E-state index in [4.69, 9.17) is 7.85 Å². The van der Waals surface area contributed by atoms with E-state index in [1.54, 1.807) is 0 Å². The van der Waals surface area contributed by atoms with Gasteiger partial charge in [-0.2, -0.15) is 0 Å². The molecule has 5 rings (SSSR count). The number of aldehydes is 1. The van der Waals surface area contributed by atoms with Crippen molar-refractivity contribution in [2.45, 2.75) is 5.41 Å². The summed E-state index contributed by atoms with van der Waals surface area (Å²) in [6.07, 6.45) is 0.915. The van der Waals surface area contributed by atoms with Crippen LogP contribution in [0.3, 0.4) is 0 Å². The van der Waals surface area contributed by atoms with Crippen LogP contribution < -0.4 is 5.46 Å². The van der Waals surface area contributed by atoms with Gasteiger partial charge in [0, 0.05) is 5.56 Å². The standard InChI is InChI=1S/C26H17BO/c27-21-12-14-23-22-13-11-18(17-28)15-24(22)26(25(23)16-21,19-7-3-1-4-8-19)20-9-5-2-6-10-20/h1-17H. The number of rotatable bonds is 3. The number of hydrogen-bond donors (Lipinski definition) is 0. The lowest BCUT2D eigenvalue weighted by Gasteiger charge is -2.34. The van der Waals surface area contributed by atoms with Gasteiger partial charge in [0.1, 0.15) is 14.1 Å². The van der Waals surface area contributed by atoms with Gasteiger partial charge in [-0.1, -0.05) is 96.5 Å². The van der Waals surface area contributed by atoms with Crippen LogP contribution in [0.15, 0.2) is 97.1 Å². The second-order valence-corrected chi connectivity index (χ2v) is 7.21. The SMILES string of the molecule is [B]c1ccc2c(c1)C(c1ccccc1)(c1ccccc1)c1cc(C=O)ccc1-2. The average molecular weight is 356 g/mol. The highest BCUT2D eigenvalue weighted by Gasteiger charge is 2.46. The summed E-state index contributed by atoms with van der Waals surface area (Å²) in [6.45, 7) is 0. The summed E-state index contributed by atoms with van der Waals surface area (Å²) in [4.78, 5) is 11.6. The monoisotopic (exact) mass is 356 g/mol. The number of carbonyl (C=O) groups is 1. The Bertz CT molecular complexity index is 1140. The Kier molecular flexibility index (Phi) is 3.80. The molecule has 0 amide bonds. The van der Waals surface area contributed by atoms with Gasteiger partial charge in [-0.3, -0.25) is 4.79 Å². The average Bonchev–Trinajstić information content (AvgIpc) is 3.04. The van der Waals surface area contributed by atoms with Gasteiger partial charge in [0.25, 0.3) is 0 Å². The largest absolute Gasteiger partial charge is 0.298 e. The van der Waals surface area contributed by atoms with Crippen LogP contribution >= 0.6 is 0 Å². The molecule has 0 heterocycles. The lowest BCUT2D eigenvalue weighted by molar-refractivity contribution is 0.112. The maximum Gasteiger partial charge on any atom is 0.150 e. The third kappa shape index (κ3) is 2.24. The molecule has 1 aliphatic rings. The summed E-state index contributed by atoms with van der Waals surface area (Å²) in [5.74, 6) is 0. The van der Waals surface area contributed by atoms with E-state index < -0.39 is 5.41 Å². The van der Waals surface area contributed by atoms with Crippen molar-refractivity contribution in [2.75, 3.05) is 0 Å². The predicted molar refractivity (Wildman–Crippen MR) is 115 cm³/mol. The van der Waals surface area contributed by atoms with Gasteiger partial charge in [-0.25, -0.2) is 0 Å². The Morgan fingerprint density at radius 2 is 1.18 bits per heavy atom. The fraction of sp³-hybridized carbons (Fsp3) is 0.0385. The van der Waals surface area contributed by atoms with Gasteiger partial charge in [0.05, 0.1) is 5.41 Å². The van der Waals surface area contributed by atoms with E-state index in [1.807, 2.05) is 30.3 Å². The molecule has 0 fully saturated rings. The van der Waals surface area contributed by atoms with Crippen molar-refractivity contribution in [3.05, 3.63) is 125 Å².